The van der Waals surface area contributed by atoms with Crippen molar-refractivity contribution in [2.24, 2.45) is 11.8 Å². The summed E-state index contributed by atoms with van der Waals surface area (Å²) >= 11 is 2.88. The molecular weight excluding hydrogens is 851 g/mol. The second-order valence-corrected chi connectivity index (χ2v) is 19.3. The number of alkyl halides is 2. The number of aromatic nitrogens is 2. The first-order chi connectivity index (χ1) is 31.2. The molecule has 2 saturated carbocycles. The number of nitrogens with one attached hydrogen (secondary N) is 2. The van der Waals surface area contributed by atoms with Crippen LogP contribution in [0.25, 0.3) is 32.0 Å². The van der Waals surface area contributed by atoms with Crippen molar-refractivity contribution in [3.63, 3.8) is 0 Å². The van der Waals surface area contributed by atoms with Crippen molar-refractivity contribution in [3.05, 3.63) is 143 Å². The number of thiazole rings is 2. The van der Waals surface area contributed by atoms with Crippen LogP contribution in [0.3, 0.4) is 0 Å². The highest BCUT2D eigenvalue weighted by Crippen LogP contribution is 2.42. The van der Waals surface area contributed by atoms with Crippen molar-refractivity contribution < 1.29 is 28.0 Å². The van der Waals surface area contributed by atoms with Gasteiger partial charge in [-0.15, -0.1) is 22.7 Å². The van der Waals surface area contributed by atoms with Gasteiger partial charge in [0.05, 0.1) is 34.9 Å². The Morgan fingerprint density at radius 2 is 0.891 bits per heavy atom. The van der Waals surface area contributed by atoms with Crippen molar-refractivity contribution >= 4 is 46.3 Å². The van der Waals surface area contributed by atoms with Crippen molar-refractivity contribution in [1.29, 1.82) is 0 Å². The Labute approximate surface area is 377 Å². The number of carbonyl (C=O) groups excluding carboxylic acids is 4. The van der Waals surface area contributed by atoms with Crippen molar-refractivity contribution in [2.75, 3.05) is 13.1 Å². The largest absolute Gasteiger partial charge is 0.340 e. The average molecular weight is 897 g/mol. The van der Waals surface area contributed by atoms with E-state index in [1.54, 1.807) is 22.2 Å². The molecule has 2 saturated heterocycles. The predicted octanol–water partition coefficient (Wildman–Crippen LogP) is 9.36. The Morgan fingerprint density at radius 3 is 1.25 bits per heavy atom. The molecule has 4 amide bonds. The summed E-state index contributed by atoms with van der Waals surface area (Å²) in [5.74, 6) is -1.12. The molecule has 64 heavy (non-hydrogen) atoms. The van der Waals surface area contributed by atoms with E-state index in [-0.39, 0.29) is 61.4 Å². The van der Waals surface area contributed by atoms with Crippen LogP contribution in [0.1, 0.15) is 83.8 Å². The number of benzene rings is 4. The van der Waals surface area contributed by atoms with Crippen LogP contribution < -0.4 is 10.6 Å². The standard InChI is InChI=1S/C50H46F2N6O4S2/c51-37-23-39(57(27-37)49(61)43(33-7-3-1-4-8-33)55-45(59)35-19-20-35)47-53-25-41(63-47)31-15-11-29(12-16-31)30-13-17-32(18-14-30)42-26-54-48(64-42)40-24-38(52)28-58(40)50(62)44(34-9-5-2-6-10-34)56-46(60)36-21-22-36/h1-18,25-26,35-40,43-44H,19-24,27-28H2,(H,55,59)(H,56,60)/t37-,38-,39-,40-,43+,44+/m0/s1. The Hall–Kier alpha value is -6.12. The van der Waals surface area contributed by atoms with Gasteiger partial charge in [-0.1, -0.05) is 109 Å². The van der Waals surface area contributed by atoms with E-state index in [4.69, 9.17) is 0 Å². The molecule has 6 aromatic rings. The lowest BCUT2D eigenvalue weighted by molar-refractivity contribution is -0.138. The van der Waals surface area contributed by atoms with Crippen LogP contribution in [0, 0.1) is 11.8 Å². The second-order valence-electron chi connectivity index (χ2n) is 17.2. The molecule has 2 aliphatic heterocycles. The zero-order chi connectivity index (χ0) is 43.9. The minimum atomic E-state index is -1.20. The van der Waals surface area contributed by atoms with E-state index in [2.05, 4.69) is 20.6 Å². The molecule has 0 bridgehead atoms. The maximum Gasteiger partial charge on any atom is 0.250 e. The number of amides is 4. The first kappa shape index (κ1) is 41.9. The highest BCUT2D eigenvalue weighted by Gasteiger charge is 2.44. The molecule has 4 heterocycles. The van der Waals surface area contributed by atoms with Gasteiger partial charge in [-0.2, -0.15) is 0 Å². The van der Waals surface area contributed by atoms with Crippen molar-refractivity contribution in [2.45, 2.75) is 75.0 Å². The molecule has 4 aliphatic rings. The van der Waals surface area contributed by atoms with Gasteiger partial charge >= 0.3 is 0 Å². The third-order valence-electron chi connectivity index (χ3n) is 12.6. The molecule has 10 rings (SSSR count). The Bertz CT molecular complexity index is 2470. The number of likely N-dealkylation sites (tertiary alicyclic amines) is 2. The molecule has 4 aromatic carbocycles. The first-order valence-corrected chi connectivity index (χ1v) is 23.5. The van der Waals surface area contributed by atoms with Crippen LogP contribution in [0.4, 0.5) is 8.78 Å². The molecule has 6 atom stereocenters. The number of hydrogen-bond donors (Lipinski definition) is 2. The second kappa shape index (κ2) is 17.8. The molecule has 2 aliphatic carbocycles. The topological polar surface area (TPSA) is 125 Å². The predicted molar refractivity (Wildman–Crippen MR) is 242 cm³/mol. The molecule has 326 valence electrons. The van der Waals surface area contributed by atoms with E-state index in [0.29, 0.717) is 21.1 Å². The van der Waals surface area contributed by atoms with Crippen LogP contribution >= 0.6 is 22.7 Å². The summed E-state index contributed by atoms with van der Waals surface area (Å²) in [4.78, 5) is 68.1. The van der Waals surface area contributed by atoms with Crippen LogP contribution in [0.15, 0.2) is 122 Å². The third kappa shape index (κ3) is 8.85. The van der Waals surface area contributed by atoms with Gasteiger partial charge in [-0.25, -0.2) is 18.7 Å². The summed E-state index contributed by atoms with van der Waals surface area (Å²) in [6.45, 7) is -0.119. The average Bonchev–Trinajstić information content (AvgIpc) is 4.16. The van der Waals surface area contributed by atoms with E-state index in [1.165, 1.54) is 22.7 Å². The highest BCUT2D eigenvalue weighted by molar-refractivity contribution is 7.15. The fourth-order valence-corrected chi connectivity index (χ4v) is 10.8. The van der Waals surface area contributed by atoms with E-state index >= 15 is 8.78 Å². The highest BCUT2D eigenvalue weighted by atomic mass is 32.1. The SMILES string of the molecule is O=C(N[C@@H](C(=O)N1C[C@@H](F)C[C@H]1c1ncc(-c2ccc(-c3ccc(-c4cnc([C@@H]5C[C@H](F)CN5C(=O)[C@H](NC(=O)C5CC5)c5ccccc5)s4)cc3)cc2)s1)c1ccccc1)C1CC1. The van der Waals surface area contributed by atoms with Gasteiger partial charge in [0, 0.05) is 37.1 Å². The van der Waals surface area contributed by atoms with E-state index in [0.717, 1.165) is 57.7 Å². The van der Waals surface area contributed by atoms with Gasteiger partial charge in [0.1, 0.15) is 34.4 Å². The lowest BCUT2D eigenvalue weighted by Gasteiger charge is -2.28. The number of halogens is 2. The van der Waals surface area contributed by atoms with Crippen LogP contribution in [0.5, 0.6) is 0 Å². The maximum atomic E-state index is 15.1. The molecule has 2 N–H and O–H groups in total. The summed E-state index contributed by atoms with van der Waals surface area (Å²) in [6, 6.07) is 31.6. The third-order valence-corrected chi connectivity index (χ3v) is 14.9. The Kier molecular flexibility index (Phi) is 11.6. The van der Waals surface area contributed by atoms with Gasteiger partial charge < -0.3 is 20.4 Å². The molecule has 10 nitrogen and oxygen atoms in total. The number of nitrogens with zero attached hydrogens (tertiary/aromatic N) is 4. The van der Waals surface area contributed by atoms with E-state index in [9.17, 15) is 19.2 Å². The first-order valence-electron chi connectivity index (χ1n) is 21.9. The summed E-state index contributed by atoms with van der Waals surface area (Å²) in [6.07, 6.45) is 4.65. The number of hydrogen-bond acceptors (Lipinski definition) is 8. The quantitative estimate of drug-likeness (QED) is 0.119. The van der Waals surface area contributed by atoms with E-state index < -0.39 is 36.5 Å². The smallest absolute Gasteiger partial charge is 0.250 e. The zero-order valence-electron chi connectivity index (χ0n) is 34.8. The Morgan fingerprint density at radius 1 is 0.531 bits per heavy atom. The summed E-state index contributed by atoms with van der Waals surface area (Å²) in [5, 5.41) is 7.20. The molecule has 14 heteroatoms. The molecule has 0 radical (unpaired) electrons. The minimum Gasteiger partial charge on any atom is -0.340 e. The number of rotatable bonds is 13. The fourth-order valence-electron chi connectivity index (χ4n) is 8.74. The Balaban J connectivity index is 0.811. The summed E-state index contributed by atoms with van der Waals surface area (Å²) < 4.78 is 30.2. The lowest BCUT2D eigenvalue weighted by atomic mass is 10.0. The monoisotopic (exact) mass is 896 g/mol. The molecule has 0 unspecified atom stereocenters. The van der Waals surface area contributed by atoms with Crippen molar-refractivity contribution in [3.8, 4) is 32.0 Å². The minimum absolute atomic E-state index is 0.0593. The van der Waals surface area contributed by atoms with E-state index in [1.807, 2.05) is 109 Å². The molecule has 4 fully saturated rings. The van der Waals surface area contributed by atoms with Crippen molar-refractivity contribution in [1.82, 2.24) is 30.4 Å². The summed E-state index contributed by atoms with van der Waals surface area (Å²) in [5.41, 5.74) is 5.24. The van der Waals surface area contributed by atoms with Crippen LogP contribution in [-0.4, -0.2) is 68.8 Å². The van der Waals surface area contributed by atoms with Gasteiger partial charge in [0.2, 0.25) is 11.8 Å². The summed E-state index contributed by atoms with van der Waals surface area (Å²) in [7, 11) is 0. The fraction of sp³-hybridized carbons (Fsp3) is 0.320. The molecule has 0 spiro atoms. The van der Waals surface area contributed by atoms with Crippen LogP contribution in [0.2, 0.25) is 0 Å². The molecule has 2 aromatic heterocycles. The zero-order valence-corrected chi connectivity index (χ0v) is 36.4. The maximum absolute atomic E-state index is 15.1. The molecular formula is C50H46F2N6O4S2. The normalized spacial score (nSPS) is 21.7. The lowest BCUT2D eigenvalue weighted by Crippen LogP contribution is -2.43. The van der Waals surface area contributed by atoms with Crippen LogP contribution in [-0.2, 0) is 19.2 Å². The van der Waals surface area contributed by atoms with Gasteiger partial charge in [0.25, 0.3) is 11.8 Å². The number of carbonyl (C=O) groups is 4. The van der Waals surface area contributed by atoms with Gasteiger partial charge in [-0.05, 0) is 59.1 Å². The van der Waals surface area contributed by atoms with Gasteiger partial charge in [0.15, 0.2) is 0 Å². The van der Waals surface area contributed by atoms with Gasteiger partial charge in [-0.3, -0.25) is 19.2 Å².